The standard InChI is InChI=1S/C15H29N3O3/c1-18(13(15(20)21)8-5-9-16)14(19)12(17)10-11-6-3-2-4-7-11/h11-13H,2-10,16-17H2,1H3,(H,20,21)/t12-,13-/m0/s1. The molecule has 122 valence electrons. The van der Waals surface area contributed by atoms with E-state index in [2.05, 4.69) is 0 Å². The largest absolute Gasteiger partial charge is 0.480 e. The van der Waals surface area contributed by atoms with E-state index < -0.39 is 18.1 Å². The minimum atomic E-state index is -0.996. The maximum absolute atomic E-state index is 12.3. The average Bonchev–Trinajstić information content (AvgIpc) is 2.47. The summed E-state index contributed by atoms with van der Waals surface area (Å²) < 4.78 is 0. The van der Waals surface area contributed by atoms with Crippen molar-refractivity contribution in [2.75, 3.05) is 13.6 Å². The van der Waals surface area contributed by atoms with E-state index in [0.29, 0.717) is 31.7 Å². The van der Waals surface area contributed by atoms with Crippen LogP contribution in [0.2, 0.25) is 0 Å². The molecule has 0 saturated heterocycles. The molecule has 1 amide bonds. The van der Waals surface area contributed by atoms with Gasteiger partial charge >= 0.3 is 5.97 Å². The first-order valence-corrected chi connectivity index (χ1v) is 7.92. The highest BCUT2D eigenvalue weighted by Crippen LogP contribution is 2.27. The Hall–Kier alpha value is -1.14. The summed E-state index contributed by atoms with van der Waals surface area (Å²) in [5.41, 5.74) is 11.4. The van der Waals surface area contributed by atoms with Crippen LogP contribution in [-0.2, 0) is 9.59 Å². The molecule has 1 saturated carbocycles. The lowest BCUT2D eigenvalue weighted by molar-refractivity contribution is -0.150. The summed E-state index contributed by atoms with van der Waals surface area (Å²) >= 11 is 0. The molecule has 1 aliphatic carbocycles. The minimum Gasteiger partial charge on any atom is -0.480 e. The van der Waals surface area contributed by atoms with E-state index in [1.807, 2.05) is 0 Å². The van der Waals surface area contributed by atoms with Crippen molar-refractivity contribution >= 4 is 11.9 Å². The second kappa shape index (κ2) is 9.00. The molecule has 5 N–H and O–H groups in total. The lowest BCUT2D eigenvalue weighted by atomic mass is 9.84. The highest BCUT2D eigenvalue weighted by Gasteiger charge is 2.30. The Morgan fingerprint density at radius 2 is 1.90 bits per heavy atom. The number of carboxylic acid groups (broad SMARTS) is 1. The number of nitrogens with two attached hydrogens (primary N) is 2. The molecule has 1 fully saturated rings. The molecular formula is C15H29N3O3. The van der Waals surface area contributed by atoms with Crippen molar-refractivity contribution in [3.63, 3.8) is 0 Å². The van der Waals surface area contributed by atoms with Gasteiger partial charge in [0, 0.05) is 7.05 Å². The molecule has 0 aromatic heterocycles. The molecule has 0 bridgehead atoms. The van der Waals surface area contributed by atoms with Crippen molar-refractivity contribution in [1.29, 1.82) is 0 Å². The second-order valence-corrected chi connectivity index (χ2v) is 6.08. The van der Waals surface area contributed by atoms with Crippen LogP contribution in [0.4, 0.5) is 0 Å². The number of rotatable bonds is 8. The van der Waals surface area contributed by atoms with Gasteiger partial charge in [0.2, 0.25) is 5.91 Å². The van der Waals surface area contributed by atoms with Gasteiger partial charge in [-0.25, -0.2) is 4.79 Å². The number of hydrogen-bond donors (Lipinski definition) is 3. The lowest BCUT2D eigenvalue weighted by Crippen LogP contribution is -2.50. The Bertz CT molecular complexity index is 343. The molecule has 0 aliphatic heterocycles. The van der Waals surface area contributed by atoms with Crippen LogP contribution < -0.4 is 11.5 Å². The highest BCUT2D eigenvalue weighted by atomic mass is 16.4. The molecule has 21 heavy (non-hydrogen) atoms. The summed E-state index contributed by atoms with van der Waals surface area (Å²) in [7, 11) is 1.53. The third-order valence-corrected chi connectivity index (χ3v) is 4.41. The van der Waals surface area contributed by atoms with Crippen molar-refractivity contribution < 1.29 is 14.7 Å². The van der Waals surface area contributed by atoms with Crippen LogP contribution in [0.3, 0.4) is 0 Å². The smallest absolute Gasteiger partial charge is 0.326 e. The number of carbonyl (C=O) groups excluding carboxylic acids is 1. The Morgan fingerprint density at radius 1 is 1.29 bits per heavy atom. The number of likely N-dealkylation sites (N-methyl/N-ethyl adjacent to an activating group) is 1. The van der Waals surface area contributed by atoms with Gasteiger partial charge in [-0.2, -0.15) is 0 Å². The van der Waals surface area contributed by atoms with Crippen molar-refractivity contribution in [2.45, 2.75) is 63.5 Å². The number of carboxylic acids is 1. The number of aliphatic carboxylic acids is 1. The van der Waals surface area contributed by atoms with Gasteiger partial charge in [0.25, 0.3) is 0 Å². The molecule has 1 rings (SSSR count). The van der Waals surface area contributed by atoms with Crippen LogP contribution in [0, 0.1) is 5.92 Å². The van der Waals surface area contributed by atoms with Crippen LogP contribution >= 0.6 is 0 Å². The maximum atomic E-state index is 12.3. The average molecular weight is 299 g/mol. The summed E-state index contributed by atoms with van der Waals surface area (Å²) in [5, 5.41) is 9.25. The lowest BCUT2D eigenvalue weighted by Gasteiger charge is -2.30. The van der Waals surface area contributed by atoms with Gasteiger partial charge in [0.15, 0.2) is 0 Å². The molecular weight excluding hydrogens is 270 g/mol. The van der Waals surface area contributed by atoms with Crippen LogP contribution in [0.25, 0.3) is 0 Å². The van der Waals surface area contributed by atoms with Crippen LogP contribution in [0.1, 0.15) is 51.4 Å². The zero-order valence-corrected chi connectivity index (χ0v) is 13.0. The first kappa shape index (κ1) is 17.9. The van der Waals surface area contributed by atoms with E-state index in [4.69, 9.17) is 11.5 Å². The van der Waals surface area contributed by atoms with Gasteiger partial charge < -0.3 is 21.5 Å². The molecule has 0 aromatic rings. The van der Waals surface area contributed by atoms with Crippen molar-refractivity contribution in [1.82, 2.24) is 4.90 Å². The third kappa shape index (κ3) is 5.63. The van der Waals surface area contributed by atoms with E-state index in [1.54, 1.807) is 0 Å². The molecule has 0 spiro atoms. The molecule has 0 aromatic carbocycles. The monoisotopic (exact) mass is 299 g/mol. The Balaban J connectivity index is 2.54. The van der Waals surface area contributed by atoms with E-state index in [1.165, 1.54) is 31.2 Å². The molecule has 0 unspecified atom stereocenters. The first-order valence-electron chi connectivity index (χ1n) is 7.92. The van der Waals surface area contributed by atoms with Gasteiger partial charge in [-0.05, 0) is 31.7 Å². The van der Waals surface area contributed by atoms with Gasteiger partial charge in [-0.1, -0.05) is 32.1 Å². The van der Waals surface area contributed by atoms with Gasteiger partial charge in [-0.15, -0.1) is 0 Å². The quantitative estimate of drug-likeness (QED) is 0.618. The fourth-order valence-corrected chi connectivity index (χ4v) is 3.09. The van der Waals surface area contributed by atoms with Crippen molar-refractivity contribution in [3.8, 4) is 0 Å². The van der Waals surface area contributed by atoms with Gasteiger partial charge in [-0.3, -0.25) is 4.79 Å². The topological polar surface area (TPSA) is 110 Å². The second-order valence-electron chi connectivity index (χ2n) is 6.08. The SMILES string of the molecule is CN(C(=O)[C@@H](N)CC1CCCCC1)[C@@H](CCCN)C(=O)O. The zero-order valence-electron chi connectivity index (χ0n) is 13.0. The molecule has 6 heteroatoms. The normalized spacial score (nSPS) is 19.0. The Morgan fingerprint density at radius 3 is 2.43 bits per heavy atom. The van der Waals surface area contributed by atoms with Gasteiger partial charge in [0.1, 0.15) is 6.04 Å². The predicted molar refractivity (Wildman–Crippen MR) is 81.6 cm³/mol. The fraction of sp³-hybridized carbons (Fsp3) is 0.867. The zero-order chi connectivity index (χ0) is 15.8. The number of hydrogen-bond acceptors (Lipinski definition) is 4. The van der Waals surface area contributed by atoms with Crippen LogP contribution in [0.15, 0.2) is 0 Å². The van der Waals surface area contributed by atoms with Crippen molar-refractivity contribution in [3.05, 3.63) is 0 Å². The molecule has 2 atom stereocenters. The summed E-state index contributed by atoms with van der Waals surface area (Å²) in [5.74, 6) is -0.771. The summed E-state index contributed by atoms with van der Waals surface area (Å²) in [4.78, 5) is 24.9. The van der Waals surface area contributed by atoms with Crippen LogP contribution in [-0.4, -0.2) is 47.6 Å². The predicted octanol–water partition coefficient (Wildman–Crippen LogP) is 0.935. The Labute approximate surface area is 126 Å². The Kier molecular flexibility index (Phi) is 7.67. The molecule has 1 aliphatic rings. The summed E-state index contributed by atoms with van der Waals surface area (Å²) in [6.07, 6.45) is 7.52. The number of nitrogens with zero attached hydrogens (tertiary/aromatic N) is 1. The first-order chi connectivity index (χ1) is 9.97. The number of carbonyl (C=O) groups is 2. The van der Waals surface area contributed by atoms with E-state index in [9.17, 15) is 14.7 Å². The van der Waals surface area contributed by atoms with E-state index in [0.717, 1.165) is 12.8 Å². The van der Waals surface area contributed by atoms with Crippen molar-refractivity contribution in [2.24, 2.45) is 17.4 Å². The molecule has 0 heterocycles. The molecule has 6 nitrogen and oxygen atoms in total. The number of amides is 1. The fourth-order valence-electron chi connectivity index (χ4n) is 3.09. The highest BCUT2D eigenvalue weighted by molar-refractivity contribution is 5.86. The van der Waals surface area contributed by atoms with Gasteiger partial charge in [0.05, 0.1) is 6.04 Å². The third-order valence-electron chi connectivity index (χ3n) is 4.41. The summed E-state index contributed by atoms with van der Waals surface area (Å²) in [6, 6.07) is -1.43. The maximum Gasteiger partial charge on any atom is 0.326 e. The summed E-state index contributed by atoms with van der Waals surface area (Å²) in [6.45, 7) is 0.417. The minimum absolute atomic E-state index is 0.273. The van der Waals surface area contributed by atoms with E-state index in [-0.39, 0.29) is 5.91 Å². The van der Waals surface area contributed by atoms with E-state index >= 15 is 0 Å². The van der Waals surface area contributed by atoms with Crippen LogP contribution in [0.5, 0.6) is 0 Å². The molecule has 0 radical (unpaired) electrons.